The van der Waals surface area contributed by atoms with E-state index in [0.717, 1.165) is 58.4 Å². The number of nitrogens with one attached hydrogen (secondary N) is 2. The highest BCUT2D eigenvalue weighted by Crippen LogP contribution is 2.15. The number of guanidine groups is 1. The number of rotatable bonds is 7. The van der Waals surface area contributed by atoms with Crippen LogP contribution < -0.4 is 10.6 Å². The van der Waals surface area contributed by atoms with Crippen LogP contribution in [0.15, 0.2) is 29.3 Å². The van der Waals surface area contributed by atoms with Gasteiger partial charge in [-0.05, 0) is 19.4 Å². The summed E-state index contributed by atoms with van der Waals surface area (Å²) in [5.41, 5.74) is 2.64. The maximum Gasteiger partial charge on any atom is 0.191 e. The summed E-state index contributed by atoms with van der Waals surface area (Å²) in [6.45, 7) is 13.8. The van der Waals surface area contributed by atoms with E-state index in [1.165, 1.54) is 11.1 Å². The van der Waals surface area contributed by atoms with Crippen LogP contribution in [0, 0.1) is 6.92 Å². The summed E-state index contributed by atoms with van der Waals surface area (Å²) < 4.78 is 5.38. The Balaban J connectivity index is 1.79. The Morgan fingerprint density at radius 3 is 2.58 bits per heavy atom. The van der Waals surface area contributed by atoms with Crippen molar-refractivity contribution in [3.8, 4) is 0 Å². The van der Waals surface area contributed by atoms with Crippen molar-refractivity contribution in [2.75, 3.05) is 52.5 Å². The molecule has 0 spiro atoms. The lowest BCUT2D eigenvalue weighted by atomic mass is 10.0. The summed E-state index contributed by atoms with van der Waals surface area (Å²) in [7, 11) is 0. The van der Waals surface area contributed by atoms with Crippen molar-refractivity contribution in [2.45, 2.75) is 26.7 Å². The van der Waals surface area contributed by atoms with Crippen molar-refractivity contribution in [1.29, 1.82) is 0 Å². The number of ether oxygens (including phenoxy) is 1. The van der Waals surface area contributed by atoms with Crippen LogP contribution in [0.1, 0.15) is 30.9 Å². The molecule has 5 nitrogen and oxygen atoms in total. The van der Waals surface area contributed by atoms with Gasteiger partial charge in [-0.25, -0.2) is 0 Å². The number of aryl methyl sites for hydroxylation is 1. The Labute approximate surface area is 146 Å². The highest BCUT2D eigenvalue weighted by molar-refractivity contribution is 5.79. The molecule has 1 saturated heterocycles. The largest absolute Gasteiger partial charge is 0.379 e. The van der Waals surface area contributed by atoms with Gasteiger partial charge in [-0.3, -0.25) is 9.89 Å². The molecule has 1 aliphatic heterocycles. The molecule has 1 unspecified atom stereocenters. The van der Waals surface area contributed by atoms with Gasteiger partial charge < -0.3 is 15.4 Å². The highest BCUT2D eigenvalue weighted by atomic mass is 16.5. The van der Waals surface area contributed by atoms with Gasteiger partial charge in [-0.2, -0.15) is 0 Å². The fraction of sp³-hybridized carbons (Fsp3) is 0.632. The van der Waals surface area contributed by atoms with E-state index in [4.69, 9.17) is 9.73 Å². The van der Waals surface area contributed by atoms with E-state index in [2.05, 4.69) is 60.6 Å². The molecule has 0 saturated carbocycles. The van der Waals surface area contributed by atoms with Crippen LogP contribution in [0.2, 0.25) is 0 Å². The van der Waals surface area contributed by atoms with E-state index in [1.54, 1.807) is 0 Å². The van der Waals surface area contributed by atoms with Crippen LogP contribution in [0.25, 0.3) is 0 Å². The second-order valence-corrected chi connectivity index (χ2v) is 6.41. The van der Waals surface area contributed by atoms with Crippen molar-refractivity contribution < 1.29 is 4.74 Å². The summed E-state index contributed by atoms with van der Waals surface area (Å²) in [5, 5.41) is 6.77. The number of nitrogens with zero attached hydrogens (tertiary/aromatic N) is 2. The van der Waals surface area contributed by atoms with Crippen LogP contribution >= 0.6 is 0 Å². The molecular weight excluding hydrogens is 300 g/mol. The second kappa shape index (κ2) is 10.3. The first-order valence-corrected chi connectivity index (χ1v) is 9.08. The van der Waals surface area contributed by atoms with Gasteiger partial charge in [0.25, 0.3) is 0 Å². The van der Waals surface area contributed by atoms with Crippen molar-refractivity contribution in [1.82, 2.24) is 15.5 Å². The van der Waals surface area contributed by atoms with E-state index in [9.17, 15) is 0 Å². The van der Waals surface area contributed by atoms with Crippen molar-refractivity contribution in [3.63, 3.8) is 0 Å². The molecule has 1 aromatic rings. The van der Waals surface area contributed by atoms with Gasteiger partial charge in [-0.15, -0.1) is 0 Å². The molecule has 2 rings (SSSR count). The van der Waals surface area contributed by atoms with Gasteiger partial charge >= 0.3 is 0 Å². The van der Waals surface area contributed by atoms with Gasteiger partial charge in [0.15, 0.2) is 5.96 Å². The number of benzene rings is 1. The van der Waals surface area contributed by atoms with Crippen molar-refractivity contribution in [2.24, 2.45) is 4.99 Å². The number of aliphatic imine (C=N–C) groups is 1. The molecule has 1 aromatic carbocycles. The van der Waals surface area contributed by atoms with E-state index in [-0.39, 0.29) is 0 Å². The predicted octanol–water partition coefficient (Wildman–Crippen LogP) is 1.99. The first kappa shape index (κ1) is 18.7. The summed E-state index contributed by atoms with van der Waals surface area (Å²) in [6, 6.07) is 8.74. The zero-order valence-corrected chi connectivity index (χ0v) is 15.3. The normalized spacial score (nSPS) is 17.5. The van der Waals surface area contributed by atoms with Gasteiger partial charge in [0, 0.05) is 45.2 Å². The van der Waals surface area contributed by atoms with E-state index in [1.807, 2.05) is 0 Å². The summed E-state index contributed by atoms with van der Waals surface area (Å²) in [4.78, 5) is 7.17. The molecule has 1 fully saturated rings. The number of hydrogen-bond acceptors (Lipinski definition) is 3. The molecule has 0 aromatic heterocycles. The average Bonchev–Trinajstić information content (AvgIpc) is 2.61. The molecule has 2 N–H and O–H groups in total. The summed E-state index contributed by atoms with van der Waals surface area (Å²) >= 11 is 0. The van der Waals surface area contributed by atoms with E-state index < -0.39 is 0 Å². The molecule has 134 valence electrons. The van der Waals surface area contributed by atoms with Gasteiger partial charge in [0.05, 0.1) is 13.2 Å². The lowest BCUT2D eigenvalue weighted by molar-refractivity contribution is 0.0389. The lowest BCUT2D eigenvalue weighted by Gasteiger charge is -2.26. The minimum Gasteiger partial charge on any atom is -0.379 e. The maximum atomic E-state index is 5.38. The molecular formula is C19H32N4O. The molecule has 0 amide bonds. The SMILES string of the molecule is CCNC(=NCC(C)c1ccc(C)cc1)NCCN1CCOCC1. The zero-order chi connectivity index (χ0) is 17.2. The maximum absolute atomic E-state index is 5.38. The minimum atomic E-state index is 0.417. The van der Waals surface area contributed by atoms with Crippen molar-refractivity contribution >= 4 is 5.96 Å². The van der Waals surface area contributed by atoms with Crippen LogP contribution in [0.4, 0.5) is 0 Å². The number of morpholine rings is 1. The Hall–Kier alpha value is -1.59. The summed E-state index contributed by atoms with van der Waals surface area (Å²) in [5.74, 6) is 1.32. The van der Waals surface area contributed by atoms with Crippen LogP contribution in [0.3, 0.4) is 0 Å². The average molecular weight is 332 g/mol. The molecule has 0 radical (unpaired) electrons. The lowest BCUT2D eigenvalue weighted by Crippen LogP contribution is -2.44. The quantitative estimate of drug-likeness (QED) is 0.592. The first-order valence-electron chi connectivity index (χ1n) is 9.08. The molecule has 1 atom stereocenters. The minimum absolute atomic E-state index is 0.417. The third kappa shape index (κ3) is 6.49. The molecule has 1 aliphatic rings. The third-order valence-corrected chi connectivity index (χ3v) is 4.34. The van der Waals surface area contributed by atoms with Gasteiger partial charge in [0.1, 0.15) is 0 Å². The standard InChI is InChI=1S/C19H32N4O/c1-4-20-19(21-9-10-23-11-13-24-14-12-23)22-15-17(3)18-7-5-16(2)6-8-18/h5-8,17H,4,9-15H2,1-3H3,(H2,20,21,22). The van der Waals surface area contributed by atoms with Crippen LogP contribution in [-0.2, 0) is 4.74 Å². The van der Waals surface area contributed by atoms with Gasteiger partial charge in [0.2, 0.25) is 0 Å². The first-order chi connectivity index (χ1) is 11.7. The Morgan fingerprint density at radius 2 is 1.92 bits per heavy atom. The molecule has 0 bridgehead atoms. The Bertz CT molecular complexity index is 495. The molecule has 24 heavy (non-hydrogen) atoms. The van der Waals surface area contributed by atoms with Gasteiger partial charge in [-0.1, -0.05) is 36.8 Å². The van der Waals surface area contributed by atoms with E-state index in [0.29, 0.717) is 5.92 Å². The Kier molecular flexibility index (Phi) is 8.05. The molecule has 0 aliphatic carbocycles. The third-order valence-electron chi connectivity index (χ3n) is 4.34. The summed E-state index contributed by atoms with van der Waals surface area (Å²) in [6.07, 6.45) is 0. The second-order valence-electron chi connectivity index (χ2n) is 6.41. The van der Waals surface area contributed by atoms with Crippen molar-refractivity contribution in [3.05, 3.63) is 35.4 Å². The predicted molar refractivity (Wildman–Crippen MR) is 101 cm³/mol. The zero-order valence-electron chi connectivity index (χ0n) is 15.3. The monoisotopic (exact) mass is 332 g/mol. The number of hydrogen-bond donors (Lipinski definition) is 2. The smallest absolute Gasteiger partial charge is 0.191 e. The topological polar surface area (TPSA) is 48.9 Å². The fourth-order valence-corrected chi connectivity index (χ4v) is 2.73. The Morgan fingerprint density at radius 1 is 1.21 bits per heavy atom. The highest BCUT2D eigenvalue weighted by Gasteiger charge is 2.10. The van der Waals surface area contributed by atoms with Crippen LogP contribution in [0.5, 0.6) is 0 Å². The van der Waals surface area contributed by atoms with Crippen LogP contribution in [-0.4, -0.2) is 63.3 Å². The van der Waals surface area contributed by atoms with E-state index >= 15 is 0 Å². The molecule has 5 heteroatoms. The fourth-order valence-electron chi connectivity index (χ4n) is 2.73. The molecule has 1 heterocycles.